The lowest BCUT2D eigenvalue weighted by Gasteiger charge is -2.33. The first-order valence-electron chi connectivity index (χ1n) is 11.3. The quantitative estimate of drug-likeness (QED) is 0.674. The molecule has 8 heteroatoms. The largest absolute Gasteiger partial charge is 0.492 e. The number of piperidine rings is 1. The van der Waals surface area contributed by atoms with Gasteiger partial charge in [-0.15, -0.1) is 0 Å². The average Bonchev–Trinajstić information content (AvgIpc) is 2.96. The maximum atomic E-state index is 13.0. The van der Waals surface area contributed by atoms with Gasteiger partial charge < -0.3 is 14.4 Å². The topological polar surface area (TPSA) is 78.6 Å². The molecular weight excluding hydrogens is 396 g/mol. The number of para-hydroxylation sites is 1. The molecule has 1 saturated heterocycles. The number of aryl methyl sites for hydroxylation is 1. The molecular formula is C23H32N4O4. The number of fused-ring (bicyclic) bond motifs is 1. The Kier molecular flexibility index (Phi) is 7.06. The van der Waals surface area contributed by atoms with Crippen molar-refractivity contribution in [3.05, 3.63) is 46.6 Å². The first-order chi connectivity index (χ1) is 15.2. The van der Waals surface area contributed by atoms with Crippen molar-refractivity contribution in [2.45, 2.75) is 45.2 Å². The van der Waals surface area contributed by atoms with E-state index >= 15 is 0 Å². The minimum absolute atomic E-state index is 0.0325. The number of carbonyl (C=O) groups is 1. The Morgan fingerprint density at radius 1 is 1.10 bits per heavy atom. The van der Waals surface area contributed by atoms with Gasteiger partial charge in [-0.05, 0) is 43.7 Å². The third kappa shape index (κ3) is 5.18. The third-order valence-electron chi connectivity index (χ3n) is 6.41. The van der Waals surface area contributed by atoms with Gasteiger partial charge in [0.15, 0.2) is 0 Å². The van der Waals surface area contributed by atoms with Gasteiger partial charge >= 0.3 is 5.69 Å². The van der Waals surface area contributed by atoms with Crippen molar-refractivity contribution in [1.82, 2.24) is 19.2 Å². The smallest absolute Gasteiger partial charge is 0.346 e. The molecule has 1 aromatic carbocycles. The molecule has 2 aliphatic rings. The van der Waals surface area contributed by atoms with E-state index in [2.05, 4.69) is 5.10 Å². The Balaban J connectivity index is 1.30. The molecule has 1 unspecified atom stereocenters. The number of aromatic nitrogens is 3. The van der Waals surface area contributed by atoms with Crippen molar-refractivity contribution in [3.63, 3.8) is 0 Å². The van der Waals surface area contributed by atoms with Crippen LogP contribution in [0.2, 0.25) is 0 Å². The van der Waals surface area contributed by atoms with E-state index in [4.69, 9.17) is 9.47 Å². The van der Waals surface area contributed by atoms with Crippen molar-refractivity contribution >= 4 is 5.91 Å². The molecule has 0 spiro atoms. The van der Waals surface area contributed by atoms with E-state index in [0.29, 0.717) is 38.5 Å². The van der Waals surface area contributed by atoms with Gasteiger partial charge in [0.1, 0.15) is 18.2 Å². The van der Waals surface area contributed by atoms with Gasteiger partial charge in [-0.25, -0.2) is 9.48 Å². The van der Waals surface area contributed by atoms with Crippen LogP contribution in [-0.4, -0.2) is 58.6 Å². The Labute approximate surface area is 182 Å². The summed E-state index contributed by atoms with van der Waals surface area (Å²) < 4.78 is 14.2. The van der Waals surface area contributed by atoms with Gasteiger partial charge in [0.05, 0.1) is 6.54 Å². The van der Waals surface area contributed by atoms with Crippen molar-refractivity contribution < 1.29 is 14.3 Å². The van der Waals surface area contributed by atoms with Gasteiger partial charge in [0.2, 0.25) is 5.91 Å². The van der Waals surface area contributed by atoms with E-state index in [1.807, 2.05) is 35.2 Å². The Morgan fingerprint density at radius 2 is 1.87 bits per heavy atom. The van der Waals surface area contributed by atoms with Crippen LogP contribution in [0.25, 0.3) is 0 Å². The molecule has 4 rings (SSSR count). The van der Waals surface area contributed by atoms with Crippen molar-refractivity contribution in [3.8, 4) is 5.75 Å². The highest BCUT2D eigenvalue weighted by atomic mass is 16.5. The Bertz CT molecular complexity index is 915. The highest BCUT2D eigenvalue weighted by Crippen LogP contribution is 2.24. The second-order valence-corrected chi connectivity index (χ2v) is 8.48. The molecule has 1 fully saturated rings. The summed E-state index contributed by atoms with van der Waals surface area (Å²) in [6, 6.07) is 9.55. The number of likely N-dealkylation sites (tertiary alicyclic amines) is 1. The van der Waals surface area contributed by atoms with Gasteiger partial charge in [-0.1, -0.05) is 18.2 Å². The fourth-order valence-corrected chi connectivity index (χ4v) is 4.60. The summed E-state index contributed by atoms with van der Waals surface area (Å²) in [7, 11) is 1.73. The van der Waals surface area contributed by atoms with Crippen molar-refractivity contribution in [1.29, 1.82) is 0 Å². The molecule has 0 aliphatic carbocycles. The molecule has 0 radical (unpaired) electrons. The first-order valence-corrected chi connectivity index (χ1v) is 11.3. The third-order valence-corrected chi connectivity index (χ3v) is 6.41. The molecule has 8 nitrogen and oxygen atoms in total. The summed E-state index contributed by atoms with van der Waals surface area (Å²) in [6.45, 7) is 3.73. The lowest BCUT2D eigenvalue weighted by atomic mass is 9.94. The van der Waals surface area contributed by atoms with Gasteiger partial charge in [-0.2, -0.15) is 5.10 Å². The van der Waals surface area contributed by atoms with Crippen LogP contribution in [0.1, 0.15) is 31.5 Å². The number of hydrogen-bond donors (Lipinski definition) is 0. The summed E-state index contributed by atoms with van der Waals surface area (Å²) in [6.07, 6.45) is 4.09. The lowest BCUT2D eigenvalue weighted by Crippen LogP contribution is -2.42. The molecule has 168 valence electrons. The summed E-state index contributed by atoms with van der Waals surface area (Å²) in [5, 5.41) is 4.53. The summed E-state index contributed by atoms with van der Waals surface area (Å²) in [5.41, 5.74) is -0.111. The second-order valence-electron chi connectivity index (χ2n) is 8.48. The SMILES string of the molecule is COCC1CCN(C(=O)C2CCc3nn(CCOc4ccccc4)c(=O)n3CC2)CC1. The molecule has 2 aromatic rings. The van der Waals surface area contributed by atoms with E-state index in [1.54, 1.807) is 11.7 Å². The van der Waals surface area contributed by atoms with Crippen LogP contribution in [0.15, 0.2) is 35.1 Å². The highest BCUT2D eigenvalue weighted by molar-refractivity contribution is 5.79. The number of rotatable bonds is 7. The van der Waals surface area contributed by atoms with Crippen LogP contribution in [-0.2, 0) is 29.0 Å². The molecule has 0 N–H and O–H groups in total. The molecule has 1 aromatic heterocycles. The van der Waals surface area contributed by atoms with Crippen LogP contribution in [0, 0.1) is 11.8 Å². The standard InChI is InChI=1S/C23H32N4O4/c1-30-17-18-9-12-25(13-10-18)22(28)19-7-8-21-24-27(23(29)26(21)14-11-19)15-16-31-20-5-3-2-4-6-20/h2-6,18-19H,7-17H2,1H3. The van der Waals surface area contributed by atoms with Gasteiger partial charge in [-0.3, -0.25) is 9.36 Å². The van der Waals surface area contributed by atoms with E-state index in [-0.39, 0.29) is 17.5 Å². The zero-order chi connectivity index (χ0) is 21.6. The number of carbonyl (C=O) groups excluding carboxylic acids is 1. The Hall–Kier alpha value is -2.61. The zero-order valence-electron chi connectivity index (χ0n) is 18.2. The first kappa shape index (κ1) is 21.6. The molecule has 0 saturated carbocycles. The fourth-order valence-electron chi connectivity index (χ4n) is 4.60. The molecule has 3 heterocycles. The number of hydrogen-bond acceptors (Lipinski definition) is 5. The normalized spacial score (nSPS) is 19.6. The van der Waals surface area contributed by atoms with E-state index in [1.165, 1.54) is 4.68 Å². The van der Waals surface area contributed by atoms with Gasteiger partial charge in [0, 0.05) is 45.7 Å². The fraction of sp³-hybridized carbons (Fsp3) is 0.609. The average molecular weight is 429 g/mol. The highest BCUT2D eigenvalue weighted by Gasteiger charge is 2.30. The maximum Gasteiger partial charge on any atom is 0.346 e. The van der Waals surface area contributed by atoms with Crippen LogP contribution >= 0.6 is 0 Å². The van der Waals surface area contributed by atoms with E-state index < -0.39 is 0 Å². The predicted molar refractivity (Wildman–Crippen MR) is 116 cm³/mol. The molecule has 1 atom stereocenters. The van der Waals surface area contributed by atoms with Gasteiger partial charge in [0.25, 0.3) is 0 Å². The predicted octanol–water partition coefficient (Wildman–Crippen LogP) is 1.96. The van der Waals surface area contributed by atoms with Crippen LogP contribution in [0.3, 0.4) is 0 Å². The molecule has 31 heavy (non-hydrogen) atoms. The number of amides is 1. The lowest BCUT2D eigenvalue weighted by molar-refractivity contribution is -0.137. The number of methoxy groups -OCH3 is 1. The molecule has 0 bridgehead atoms. The number of benzene rings is 1. The Morgan fingerprint density at radius 3 is 2.61 bits per heavy atom. The summed E-state index contributed by atoms with van der Waals surface area (Å²) >= 11 is 0. The summed E-state index contributed by atoms with van der Waals surface area (Å²) in [4.78, 5) is 27.8. The monoisotopic (exact) mass is 428 g/mol. The van der Waals surface area contributed by atoms with Crippen molar-refractivity contribution in [2.75, 3.05) is 33.4 Å². The second kappa shape index (κ2) is 10.1. The molecule has 2 aliphatic heterocycles. The van der Waals surface area contributed by atoms with E-state index in [0.717, 1.165) is 50.5 Å². The zero-order valence-corrected chi connectivity index (χ0v) is 18.2. The summed E-state index contributed by atoms with van der Waals surface area (Å²) in [5.74, 6) is 2.31. The minimum Gasteiger partial charge on any atom is -0.492 e. The number of ether oxygens (including phenoxy) is 2. The number of nitrogens with zero attached hydrogens (tertiary/aromatic N) is 4. The van der Waals surface area contributed by atoms with Crippen LogP contribution in [0.5, 0.6) is 5.75 Å². The minimum atomic E-state index is -0.111. The van der Waals surface area contributed by atoms with E-state index in [9.17, 15) is 9.59 Å². The van der Waals surface area contributed by atoms with Crippen molar-refractivity contribution in [2.24, 2.45) is 11.8 Å². The maximum absolute atomic E-state index is 13.0. The van der Waals surface area contributed by atoms with Crippen LogP contribution in [0.4, 0.5) is 0 Å². The van der Waals surface area contributed by atoms with Crippen LogP contribution < -0.4 is 10.4 Å². The molecule has 1 amide bonds.